The van der Waals surface area contributed by atoms with Crippen molar-refractivity contribution in [1.29, 1.82) is 5.26 Å². The Hall–Kier alpha value is -1.57. The second-order valence-electron chi connectivity index (χ2n) is 4.22. The van der Waals surface area contributed by atoms with E-state index in [1.165, 1.54) is 0 Å². The summed E-state index contributed by atoms with van der Waals surface area (Å²) in [6.45, 7) is 2.04. The molecule has 0 bridgehead atoms. The number of esters is 1. The second-order valence-corrected chi connectivity index (χ2v) is 4.22. The second kappa shape index (κ2) is 10.6. The molecule has 0 aliphatic carbocycles. The first-order chi connectivity index (χ1) is 8.60. The third kappa shape index (κ3) is 9.64. The Balaban J connectivity index is 3.80. The van der Waals surface area contributed by atoms with Gasteiger partial charge in [-0.3, -0.25) is 9.59 Å². The van der Waals surface area contributed by atoms with E-state index in [1.807, 2.05) is 13.0 Å². The van der Waals surface area contributed by atoms with Crippen LogP contribution in [0, 0.1) is 11.3 Å². The molecule has 5 nitrogen and oxygen atoms in total. The van der Waals surface area contributed by atoms with Crippen molar-refractivity contribution in [2.45, 2.75) is 64.4 Å². The van der Waals surface area contributed by atoms with Crippen molar-refractivity contribution in [3.05, 3.63) is 0 Å². The largest absolute Gasteiger partial charge is 0.481 e. The molecule has 0 heterocycles. The highest BCUT2D eigenvalue weighted by Gasteiger charge is 2.13. The summed E-state index contributed by atoms with van der Waals surface area (Å²) in [7, 11) is 0. The molecule has 0 radical (unpaired) electrons. The monoisotopic (exact) mass is 255 g/mol. The lowest BCUT2D eigenvalue weighted by atomic mass is 10.1. The van der Waals surface area contributed by atoms with Crippen LogP contribution in [0.3, 0.4) is 0 Å². The van der Waals surface area contributed by atoms with Crippen molar-refractivity contribution in [2.24, 2.45) is 0 Å². The zero-order valence-electron chi connectivity index (χ0n) is 10.9. The first-order valence-electron chi connectivity index (χ1n) is 6.38. The van der Waals surface area contributed by atoms with Gasteiger partial charge in [-0.15, -0.1) is 0 Å². The maximum Gasteiger partial charge on any atom is 0.306 e. The molecule has 102 valence electrons. The minimum Gasteiger partial charge on any atom is -0.481 e. The predicted molar refractivity (Wildman–Crippen MR) is 65.7 cm³/mol. The van der Waals surface area contributed by atoms with Crippen LogP contribution in [0.5, 0.6) is 0 Å². The van der Waals surface area contributed by atoms with Crippen LogP contribution in [0.1, 0.15) is 58.3 Å². The maximum atomic E-state index is 11.5. The van der Waals surface area contributed by atoms with Gasteiger partial charge in [-0.1, -0.05) is 19.8 Å². The van der Waals surface area contributed by atoms with Crippen LogP contribution >= 0.6 is 0 Å². The van der Waals surface area contributed by atoms with E-state index in [1.54, 1.807) is 0 Å². The summed E-state index contributed by atoms with van der Waals surface area (Å²) in [4.78, 5) is 21.7. The molecule has 0 spiro atoms. The SMILES string of the molecule is CCCCC(CC#N)OC(=O)CCCCC(=O)O. The summed E-state index contributed by atoms with van der Waals surface area (Å²) in [6, 6.07) is 2.01. The number of rotatable bonds is 10. The lowest BCUT2D eigenvalue weighted by Crippen LogP contribution is -2.17. The van der Waals surface area contributed by atoms with Crippen molar-refractivity contribution in [3.8, 4) is 6.07 Å². The zero-order chi connectivity index (χ0) is 13.8. The van der Waals surface area contributed by atoms with Gasteiger partial charge in [0.05, 0.1) is 12.5 Å². The molecule has 0 aliphatic heterocycles. The van der Waals surface area contributed by atoms with Gasteiger partial charge in [0.15, 0.2) is 0 Å². The summed E-state index contributed by atoms with van der Waals surface area (Å²) in [5, 5.41) is 17.1. The van der Waals surface area contributed by atoms with E-state index in [-0.39, 0.29) is 31.3 Å². The van der Waals surface area contributed by atoms with Gasteiger partial charge in [-0.05, 0) is 19.3 Å². The van der Waals surface area contributed by atoms with Gasteiger partial charge in [0, 0.05) is 12.8 Å². The van der Waals surface area contributed by atoms with Gasteiger partial charge in [0.1, 0.15) is 6.10 Å². The Morgan fingerprint density at radius 3 is 2.50 bits per heavy atom. The number of hydrogen-bond donors (Lipinski definition) is 1. The Labute approximate surface area is 108 Å². The van der Waals surface area contributed by atoms with E-state index >= 15 is 0 Å². The number of hydrogen-bond acceptors (Lipinski definition) is 4. The predicted octanol–water partition coefficient (Wildman–Crippen LogP) is 2.65. The Morgan fingerprint density at radius 1 is 1.28 bits per heavy atom. The standard InChI is InChI=1S/C13H21NO4/c1-2-3-6-11(9-10-14)18-13(17)8-5-4-7-12(15)16/h11H,2-9H2,1H3,(H,15,16). The molecule has 1 atom stereocenters. The van der Waals surface area contributed by atoms with E-state index in [4.69, 9.17) is 15.1 Å². The molecule has 0 aromatic carbocycles. The van der Waals surface area contributed by atoms with Crippen LogP contribution in [0.2, 0.25) is 0 Å². The van der Waals surface area contributed by atoms with E-state index in [2.05, 4.69) is 0 Å². The number of aliphatic carboxylic acids is 1. The number of carboxylic acid groups (broad SMARTS) is 1. The van der Waals surface area contributed by atoms with Crippen molar-refractivity contribution in [3.63, 3.8) is 0 Å². The first-order valence-corrected chi connectivity index (χ1v) is 6.38. The molecule has 0 aliphatic rings. The topological polar surface area (TPSA) is 87.4 Å². The van der Waals surface area contributed by atoms with E-state index < -0.39 is 5.97 Å². The third-order valence-electron chi connectivity index (χ3n) is 2.52. The molecule has 0 saturated carbocycles. The highest BCUT2D eigenvalue weighted by molar-refractivity contribution is 5.70. The Kier molecular flexibility index (Phi) is 9.65. The molecule has 18 heavy (non-hydrogen) atoms. The summed E-state index contributed by atoms with van der Waals surface area (Å²) < 4.78 is 5.19. The minimum atomic E-state index is -0.853. The number of carbonyl (C=O) groups is 2. The normalized spacial score (nSPS) is 11.6. The quantitative estimate of drug-likeness (QED) is 0.479. The van der Waals surface area contributed by atoms with Gasteiger partial charge in [-0.2, -0.15) is 5.26 Å². The molecule has 0 rings (SSSR count). The molecular formula is C13H21NO4. The fourth-order valence-electron chi connectivity index (χ4n) is 1.53. The third-order valence-corrected chi connectivity index (χ3v) is 2.52. The summed E-state index contributed by atoms with van der Waals surface area (Å²) in [6.07, 6.45) is 3.83. The molecule has 0 amide bonds. The average molecular weight is 255 g/mol. The molecule has 0 aromatic rings. The molecule has 5 heteroatoms. The van der Waals surface area contributed by atoms with Crippen LogP contribution in [0.4, 0.5) is 0 Å². The van der Waals surface area contributed by atoms with Crippen LogP contribution in [0.15, 0.2) is 0 Å². The van der Waals surface area contributed by atoms with Crippen molar-refractivity contribution in [2.75, 3.05) is 0 Å². The highest BCUT2D eigenvalue weighted by Crippen LogP contribution is 2.11. The summed E-state index contributed by atoms with van der Waals surface area (Å²) in [5.74, 6) is -1.19. The fraction of sp³-hybridized carbons (Fsp3) is 0.769. The molecule has 0 saturated heterocycles. The zero-order valence-corrected chi connectivity index (χ0v) is 10.9. The van der Waals surface area contributed by atoms with Crippen molar-refractivity contribution < 1.29 is 19.4 Å². The first kappa shape index (κ1) is 16.4. The van der Waals surface area contributed by atoms with Crippen molar-refractivity contribution >= 4 is 11.9 Å². The minimum absolute atomic E-state index is 0.0741. The molecule has 0 fully saturated rings. The highest BCUT2D eigenvalue weighted by atomic mass is 16.5. The lowest BCUT2D eigenvalue weighted by Gasteiger charge is -2.14. The van der Waals surface area contributed by atoms with Gasteiger partial charge < -0.3 is 9.84 Å². The van der Waals surface area contributed by atoms with Crippen LogP contribution < -0.4 is 0 Å². The number of unbranched alkanes of at least 4 members (excludes halogenated alkanes) is 2. The number of carbonyl (C=O) groups excluding carboxylic acids is 1. The average Bonchev–Trinajstić information content (AvgIpc) is 2.31. The molecule has 1 unspecified atom stereocenters. The van der Waals surface area contributed by atoms with Gasteiger partial charge in [0.25, 0.3) is 0 Å². The Bertz CT molecular complexity index is 296. The summed E-state index contributed by atoms with van der Waals surface area (Å²) in [5.41, 5.74) is 0. The number of nitrogens with zero attached hydrogens (tertiary/aromatic N) is 1. The number of ether oxygens (including phenoxy) is 1. The smallest absolute Gasteiger partial charge is 0.306 e. The fourth-order valence-corrected chi connectivity index (χ4v) is 1.53. The summed E-state index contributed by atoms with van der Waals surface area (Å²) >= 11 is 0. The van der Waals surface area contributed by atoms with Crippen molar-refractivity contribution in [1.82, 2.24) is 0 Å². The van der Waals surface area contributed by atoms with Gasteiger partial charge >= 0.3 is 11.9 Å². The molecule has 0 aromatic heterocycles. The van der Waals surface area contributed by atoms with E-state index in [0.717, 1.165) is 12.8 Å². The molecule has 1 N–H and O–H groups in total. The van der Waals surface area contributed by atoms with Crippen LogP contribution in [0.25, 0.3) is 0 Å². The van der Waals surface area contributed by atoms with E-state index in [9.17, 15) is 9.59 Å². The van der Waals surface area contributed by atoms with Crippen LogP contribution in [-0.4, -0.2) is 23.1 Å². The maximum absolute atomic E-state index is 11.5. The number of carboxylic acids is 1. The van der Waals surface area contributed by atoms with Gasteiger partial charge in [-0.25, -0.2) is 0 Å². The van der Waals surface area contributed by atoms with Crippen LogP contribution in [-0.2, 0) is 14.3 Å². The Morgan fingerprint density at radius 2 is 1.94 bits per heavy atom. The lowest BCUT2D eigenvalue weighted by molar-refractivity contribution is -0.149. The number of nitriles is 1. The van der Waals surface area contributed by atoms with Gasteiger partial charge in [0.2, 0.25) is 0 Å². The molecular weight excluding hydrogens is 234 g/mol. The van der Waals surface area contributed by atoms with E-state index in [0.29, 0.717) is 19.3 Å².